The van der Waals surface area contributed by atoms with Crippen LogP contribution >= 0.6 is 0 Å². The highest BCUT2D eigenvalue weighted by atomic mass is 19.2. The van der Waals surface area contributed by atoms with Gasteiger partial charge in [-0.15, -0.1) is 0 Å². The van der Waals surface area contributed by atoms with Crippen LogP contribution in [0.15, 0.2) is 30.3 Å². The molecule has 0 fully saturated rings. The van der Waals surface area contributed by atoms with Gasteiger partial charge in [-0.1, -0.05) is 6.07 Å². The second-order valence-electron chi connectivity index (χ2n) is 4.40. The molecule has 0 heterocycles. The highest BCUT2D eigenvalue weighted by Gasteiger charge is 2.19. The van der Waals surface area contributed by atoms with Crippen molar-refractivity contribution in [2.45, 2.75) is 13.8 Å². The van der Waals surface area contributed by atoms with Crippen LogP contribution in [-0.4, -0.2) is 5.78 Å². The molecule has 0 spiro atoms. The highest BCUT2D eigenvalue weighted by Crippen LogP contribution is 2.20. The van der Waals surface area contributed by atoms with E-state index in [0.717, 1.165) is 6.07 Å². The maximum atomic E-state index is 13.7. The Kier molecular flexibility index (Phi) is 3.42. The van der Waals surface area contributed by atoms with E-state index >= 15 is 0 Å². The van der Waals surface area contributed by atoms with Crippen LogP contribution < -0.4 is 0 Å². The Balaban J connectivity index is 2.53. The van der Waals surface area contributed by atoms with E-state index in [9.17, 15) is 18.0 Å². The van der Waals surface area contributed by atoms with Crippen LogP contribution in [0.1, 0.15) is 27.0 Å². The molecular formula is C15H11F3O. The average Bonchev–Trinajstić information content (AvgIpc) is 2.34. The van der Waals surface area contributed by atoms with Crippen LogP contribution in [0.2, 0.25) is 0 Å². The molecule has 0 atom stereocenters. The Hall–Kier alpha value is -2.10. The number of halogens is 3. The first kappa shape index (κ1) is 13.3. The third-order valence-corrected chi connectivity index (χ3v) is 2.82. The summed E-state index contributed by atoms with van der Waals surface area (Å²) in [6.07, 6.45) is 0. The van der Waals surface area contributed by atoms with Gasteiger partial charge in [-0.25, -0.2) is 13.2 Å². The molecule has 0 N–H and O–H groups in total. The molecule has 0 radical (unpaired) electrons. The summed E-state index contributed by atoms with van der Waals surface area (Å²) >= 11 is 0. The molecular weight excluding hydrogens is 253 g/mol. The molecule has 0 aliphatic rings. The second-order valence-corrected chi connectivity index (χ2v) is 4.40. The zero-order valence-electron chi connectivity index (χ0n) is 10.4. The van der Waals surface area contributed by atoms with Crippen LogP contribution in [0.4, 0.5) is 13.2 Å². The van der Waals surface area contributed by atoms with Gasteiger partial charge in [0.15, 0.2) is 17.4 Å². The summed E-state index contributed by atoms with van der Waals surface area (Å²) in [7, 11) is 0. The standard InChI is InChI=1S/C15H11F3O/c1-8-5-10(7-11(16)6-8)15(19)12-4-3-9(2)13(17)14(12)18/h3-7H,1-2H3. The predicted octanol–water partition coefficient (Wildman–Crippen LogP) is 3.95. The Bertz CT molecular complexity index is 642. The van der Waals surface area contributed by atoms with Crippen molar-refractivity contribution in [1.29, 1.82) is 0 Å². The molecule has 0 unspecified atom stereocenters. The molecule has 2 aromatic rings. The third kappa shape index (κ3) is 2.52. The summed E-state index contributed by atoms with van der Waals surface area (Å²) in [5, 5.41) is 0. The Morgan fingerprint density at radius 2 is 1.63 bits per heavy atom. The highest BCUT2D eigenvalue weighted by molar-refractivity contribution is 6.09. The number of aryl methyl sites for hydroxylation is 2. The maximum Gasteiger partial charge on any atom is 0.196 e. The summed E-state index contributed by atoms with van der Waals surface area (Å²) < 4.78 is 40.4. The minimum Gasteiger partial charge on any atom is -0.288 e. The first-order chi connectivity index (χ1) is 8.90. The van der Waals surface area contributed by atoms with Crippen molar-refractivity contribution >= 4 is 5.78 Å². The van der Waals surface area contributed by atoms with Gasteiger partial charge >= 0.3 is 0 Å². The number of carbonyl (C=O) groups excluding carboxylic acids is 1. The van der Waals surface area contributed by atoms with E-state index in [4.69, 9.17) is 0 Å². The minimum absolute atomic E-state index is 0.000321. The Morgan fingerprint density at radius 3 is 2.26 bits per heavy atom. The lowest BCUT2D eigenvalue weighted by atomic mass is 9.99. The largest absolute Gasteiger partial charge is 0.288 e. The third-order valence-electron chi connectivity index (χ3n) is 2.82. The SMILES string of the molecule is Cc1cc(F)cc(C(=O)c2ccc(C)c(F)c2F)c1. The zero-order chi connectivity index (χ0) is 14.2. The van der Waals surface area contributed by atoms with Crippen molar-refractivity contribution in [2.24, 2.45) is 0 Å². The average molecular weight is 264 g/mol. The molecule has 4 heteroatoms. The summed E-state index contributed by atoms with van der Waals surface area (Å²) in [5.74, 6) is -3.58. The fourth-order valence-electron chi connectivity index (χ4n) is 1.84. The first-order valence-electron chi connectivity index (χ1n) is 5.66. The molecule has 2 rings (SSSR count). The van der Waals surface area contributed by atoms with Crippen LogP contribution in [0, 0.1) is 31.3 Å². The molecule has 0 saturated heterocycles. The number of carbonyl (C=O) groups is 1. The molecule has 2 aromatic carbocycles. The fraction of sp³-hybridized carbons (Fsp3) is 0.133. The molecule has 0 aliphatic heterocycles. The fourth-order valence-corrected chi connectivity index (χ4v) is 1.84. The van der Waals surface area contributed by atoms with Crippen LogP contribution in [0.25, 0.3) is 0 Å². The lowest BCUT2D eigenvalue weighted by Crippen LogP contribution is -2.07. The van der Waals surface area contributed by atoms with Crippen molar-refractivity contribution in [3.63, 3.8) is 0 Å². The van der Waals surface area contributed by atoms with Crippen LogP contribution in [0.3, 0.4) is 0 Å². The normalized spacial score (nSPS) is 10.6. The van der Waals surface area contributed by atoms with E-state index in [2.05, 4.69) is 0 Å². The summed E-state index contributed by atoms with van der Waals surface area (Å²) in [6, 6.07) is 6.21. The smallest absolute Gasteiger partial charge is 0.196 e. The van der Waals surface area contributed by atoms with Gasteiger partial charge in [-0.05, 0) is 49.2 Å². The van der Waals surface area contributed by atoms with Crippen molar-refractivity contribution in [2.75, 3.05) is 0 Å². The van der Waals surface area contributed by atoms with Gasteiger partial charge in [0.25, 0.3) is 0 Å². The number of hydrogen-bond acceptors (Lipinski definition) is 1. The van der Waals surface area contributed by atoms with Gasteiger partial charge in [0.1, 0.15) is 5.82 Å². The van der Waals surface area contributed by atoms with Crippen molar-refractivity contribution in [1.82, 2.24) is 0 Å². The maximum absolute atomic E-state index is 13.7. The molecule has 0 saturated carbocycles. The molecule has 1 nitrogen and oxygen atoms in total. The molecule has 0 aromatic heterocycles. The number of rotatable bonds is 2. The van der Waals surface area contributed by atoms with E-state index in [1.165, 1.54) is 31.2 Å². The van der Waals surface area contributed by atoms with Gasteiger partial charge in [0.05, 0.1) is 5.56 Å². The van der Waals surface area contributed by atoms with Gasteiger partial charge in [-0.3, -0.25) is 4.79 Å². The van der Waals surface area contributed by atoms with Gasteiger partial charge in [-0.2, -0.15) is 0 Å². The summed E-state index contributed by atoms with van der Waals surface area (Å²) in [4.78, 5) is 12.1. The van der Waals surface area contributed by atoms with Crippen LogP contribution in [-0.2, 0) is 0 Å². The molecule has 0 aliphatic carbocycles. The summed E-state index contributed by atoms with van der Waals surface area (Å²) in [6.45, 7) is 3.02. The molecule has 98 valence electrons. The summed E-state index contributed by atoms with van der Waals surface area (Å²) in [5.41, 5.74) is 0.258. The van der Waals surface area contributed by atoms with Gasteiger partial charge < -0.3 is 0 Å². The van der Waals surface area contributed by atoms with Crippen LogP contribution in [0.5, 0.6) is 0 Å². The number of ketones is 1. The van der Waals surface area contributed by atoms with Gasteiger partial charge in [0, 0.05) is 5.56 Å². The Labute approximate surface area is 108 Å². The molecule has 19 heavy (non-hydrogen) atoms. The van der Waals surface area contributed by atoms with Gasteiger partial charge in [0.2, 0.25) is 0 Å². The van der Waals surface area contributed by atoms with E-state index in [1.54, 1.807) is 6.92 Å². The van der Waals surface area contributed by atoms with E-state index in [-0.39, 0.29) is 11.1 Å². The Morgan fingerprint density at radius 1 is 0.947 bits per heavy atom. The van der Waals surface area contributed by atoms with Crippen molar-refractivity contribution in [3.05, 3.63) is 70.0 Å². The number of benzene rings is 2. The van der Waals surface area contributed by atoms with E-state index in [1.807, 2.05) is 0 Å². The molecule has 0 amide bonds. The van der Waals surface area contributed by atoms with E-state index < -0.39 is 28.8 Å². The van der Waals surface area contributed by atoms with Crippen molar-refractivity contribution in [3.8, 4) is 0 Å². The monoisotopic (exact) mass is 264 g/mol. The number of hydrogen-bond donors (Lipinski definition) is 0. The first-order valence-corrected chi connectivity index (χ1v) is 5.66. The minimum atomic E-state index is -1.20. The molecule has 0 bridgehead atoms. The zero-order valence-corrected chi connectivity index (χ0v) is 10.4. The van der Waals surface area contributed by atoms with E-state index in [0.29, 0.717) is 5.56 Å². The quantitative estimate of drug-likeness (QED) is 0.750. The lowest BCUT2D eigenvalue weighted by Gasteiger charge is -2.06. The topological polar surface area (TPSA) is 17.1 Å². The van der Waals surface area contributed by atoms with Crippen molar-refractivity contribution < 1.29 is 18.0 Å². The predicted molar refractivity (Wildman–Crippen MR) is 65.7 cm³/mol. The second kappa shape index (κ2) is 4.88. The lowest BCUT2D eigenvalue weighted by molar-refractivity contribution is 0.103.